The molecule has 1 fully saturated rings. The molecular weight excluding hydrogens is 160 g/mol. The van der Waals surface area contributed by atoms with Crippen LogP contribution in [0.2, 0.25) is 0 Å². The third-order valence-electron chi connectivity index (χ3n) is 2.56. The largest absolute Gasteiger partial charge is 0.299 e. The van der Waals surface area contributed by atoms with Crippen molar-refractivity contribution in [3.8, 4) is 0 Å². The first-order chi connectivity index (χ1) is 6.34. The summed E-state index contributed by atoms with van der Waals surface area (Å²) in [5, 5.41) is 0. The van der Waals surface area contributed by atoms with E-state index in [9.17, 15) is 4.79 Å². The second-order valence-corrected chi connectivity index (χ2v) is 3.55. The third kappa shape index (κ3) is 5.07. The van der Waals surface area contributed by atoms with Gasteiger partial charge in [0.15, 0.2) is 0 Å². The molecule has 0 aromatic rings. The smallest absolute Gasteiger partial charge is 0.135 e. The van der Waals surface area contributed by atoms with Crippen molar-refractivity contribution in [2.24, 2.45) is 5.92 Å². The molecule has 1 heteroatoms. The summed E-state index contributed by atoms with van der Waals surface area (Å²) in [6.45, 7) is 6.08. The topological polar surface area (TPSA) is 17.1 Å². The van der Waals surface area contributed by atoms with Crippen LogP contribution in [0, 0.1) is 5.92 Å². The van der Waals surface area contributed by atoms with E-state index in [0.717, 1.165) is 12.8 Å². The Labute approximate surface area is 82.9 Å². The Morgan fingerprint density at radius 2 is 1.69 bits per heavy atom. The van der Waals surface area contributed by atoms with Crippen molar-refractivity contribution in [3.05, 3.63) is 0 Å². The normalized spacial score (nSPS) is 17.5. The second-order valence-electron chi connectivity index (χ2n) is 3.55. The maximum absolute atomic E-state index is 11.4. The van der Waals surface area contributed by atoms with Gasteiger partial charge in [-0.05, 0) is 19.3 Å². The zero-order chi connectivity index (χ0) is 10.1. The molecule has 1 nitrogen and oxygen atoms in total. The Morgan fingerprint density at radius 3 is 2.15 bits per heavy atom. The first-order valence-electron chi connectivity index (χ1n) is 5.87. The fraction of sp³-hybridized carbons (Fsp3) is 0.917. The Hall–Kier alpha value is -0.330. The first kappa shape index (κ1) is 12.7. The molecule has 1 aliphatic rings. The summed E-state index contributed by atoms with van der Waals surface area (Å²) in [6, 6.07) is 0. The van der Waals surface area contributed by atoms with E-state index in [0.29, 0.717) is 11.7 Å². The highest BCUT2D eigenvalue weighted by Crippen LogP contribution is 2.25. The van der Waals surface area contributed by atoms with Crippen molar-refractivity contribution in [3.63, 3.8) is 0 Å². The highest BCUT2D eigenvalue weighted by atomic mass is 16.1. The molecule has 0 unspecified atom stereocenters. The van der Waals surface area contributed by atoms with Gasteiger partial charge in [0.05, 0.1) is 0 Å². The molecule has 0 amide bonds. The molecule has 0 radical (unpaired) electrons. The van der Waals surface area contributed by atoms with Gasteiger partial charge in [-0.3, -0.25) is 4.79 Å². The summed E-state index contributed by atoms with van der Waals surface area (Å²) in [5.41, 5.74) is 0. The summed E-state index contributed by atoms with van der Waals surface area (Å²) < 4.78 is 0. The lowest BCUT2D eigenvalue weighted by molar-refractivity contribution is -0.123. The standard InChI is InChI=1S/C10H18O.C2H6/c1-2-6-10(11)9-7-4-3-5-8-9;1-2/h9H,2-8H2,1H3;1-2H3. The molecule has 1 saturated carbocycles. The average molecular weight is 184 g/mol. The minimum Gasteiger partial charge on any atom is -0.299 e. The molecule has 78 valence electrons. The molecule has 0 aliphatic heterocycles. The van der Waals surface area contributed by atoms with Gasteiger partial charge in [0.2, 0.25) is 0 Å². The van der Waals surface area contributed by atoms with E-state index >= 15 is 0 Å². The monoisotopic (exact) mass is 184 g/mol. The van der Waals surface area contributed by atoms with Gasteiger partial charge in [0.1, 0.15) is 5.78 Å². The SMILES string of the molecule is CC.CCCC(=O)C1CCCCC1. The molecule has 0 saturated heterocycles. The predicted molar refractivity (Wildman–Crippen MR) is 57.8 cm³/mol. The number of hydrogen-bond acceptors (Lipinski definition) is 1. The van der Waals surface area contributed by atoms with Crippen molar-refractivity contribution < 1.29 is 4.79 Å². The van der Waals surface area contributed by atoms with E-state index in [1.807, 2.05) is 13.8 Å². The van der Waals surface area contributed by atoms with Crippen LogP contribution in [-0.2, 0) is 4.79 Å². The minimum absolute atomic E-state index is 0.434. The summed E-state index contributed by atoms with van der Waals surface area (Å²) in [5.74, 6) is 0.955. The van der Waals surface area contributed by atoms with Crippen LogP contribution in [0.1, 0.15) is 65.7 Å². The van der Waals surface area contributed by atoms with E-state index in [1.54, 1.807) is 0 Å². The average Bonchev–Trinajstić information content (AvgIpc) is 2.23. The Bertz CT molecular complexity index is 123. The first-order valence-corrected chi connectivity index (χ1v) is 5.87. The van der Waals surface area contributed by atoms with Gasteiger partial charge in [-0.15, -0.1) is 0 Å². The van der Waals surface area contributed by atoms with Gasteiger partial charge >= 0.3 is 0 Å². The zero-order valence-electron chi connectivity index (χ0n) is 9.44. The Balaban J connectivity index is 0.000000671. The molecule has 0 heterocycles. The molecule has 0 aromatic carbocycles. The maximum Gasteiger partial charge on any atom is 0.135 e. The lowest BCUT2D eigenvalue weighted by Crippen LogP contribution is -2.16. The van der Waals surface area contributed by atoms with Crippen molar-refractivity contribution in [2.45, 2.75) is 65.7 Å². The number of Topliss-reactive ketones (excluding diaryl/α,β-unsaturated/α-hetero) is 1. The summed E-state index contributed by atoms with van der Waals surface area (Å²) in [7, 11) is 0. The zero-order valence-corrected chi connectivity index (χ0v) is 9.44. The number of carbonyl (C=O) groups excluding carboxylic acids is 1. The van der Waals surface area contributed by atoms with E-state index in [-0.39, 0.29) is 0 Å². The van der Waals surface area contributed by atoms with Gasteiger partial charge in [0, 0.05) is 12.3 Å². The molecule has 0 atom stereocenters. The quantitative estimate of drug-likeness (QED) is 0.648. The van der Waals surface area contributed by atoms with E-state index in [4.69, 9.17) is 0 Å². The predicted octanol–water partition coefficient (Wildman–Crippen LogP) is 3.96. The van der Waals surface area contributed by atoms with Crippen LogP contribution in [0.15, 0.2) is 0 Å². The molecule has 0 bridgehead atoms. The molecule has 0 N–H and O–H groups in total. The minimum atomic E-state index is 0.434. The third-order valence-corrected chi connectivity index (χ3v) is 2.56. The molecule has 0 spiro atoms. The molecule has 1 aliphatic carbocycles. The molecular formula is C12H24O. The second kappa shape index (κ2) is 8.28. The fourth-order valence-electron chi connectivity index (χ4n) is 1.88. The van der Waals surface area contributed by atoms with Crippen molar-refractivity contribution >= 4 is 5.78 Å². The van der Waals surface area contributed by atoms with E-state index in [1.165, 1.54) is 32.1 Å². The highest BCUT2D eigenvalue weighted by Gasteiger charge is 2.19. The lowest BCUT2D eigenvalue weighted by Gasteiger charge is -2.19. The van der Waals surface area contributed by atoms with E-state index < -0.39 is 0 Å². The molecule has 1 rings (SSSR count). The van der Waals surface area contributed by atoms with Crippen LogP contribution in [0.5, 0.6) is 0 Å². The van der Waals surface area contributed by atoms with Crippen LogP contribution in [-0.4, -0.2) is 5.78 Å². The van der Waals surface area contributed by atoms with Crippen molar-refractivity contribution in [2.75, 3.05) is 0 Å². The van der Waals surface area contributed by atoms with Gasteiger partial charge in [-0.25, -0.2) is 0 Å². The van der Waals surface area contributed by atoms with Crippen molar-refractivity contribution in [1.82, 2.24) is 0 Å². The maximum atomic E-state index is 11.4. The lowest BCUT2D eigenvalue weighted by atomic mass is 9.85. The van der Waals surface area contributed by atoms with Crippen molar-refractivity contribution in [1.29, 1.82) is 0 Å². The van der Waals surface area contributed by atoms with Crippen LogP contribution >= 0.6 is 0 Å². The number of hydrogen-bond donors (Lipinski definition) is 0. The fourth-order valence-corrected chi connectivity index (χ4v) is 1.88. The number of carbonyl (C=O) groups is 1. The number of rotatable bonds is 3. The van der Waals surface area contributed by atoms with Crippen LogP contribution in [0.3, 0.4) is 0 Å². The van der Waals surface area contributed by atoms with Gasteiger partial charge in [0.25, 0.3) is 0 Å². The van der Waals surface area contributed by atoms with Crippen LogP contribution in [0.25, 0.3) is 0 Å². The molecule has 13 heavy (non-hydrogen) atoms. The van der Waals surface area contributed by atoms with Gasteiger partial charge < -0.3 is 0 Å². The van der Waals surface area contributed by atoms with Crippen LogP contribution < -0.4 is 0 Å². The van der Waals surface area contributed by atoms with Gasteiger partial charge in [-0.1, -0.05) is 40.0 Å². The summed E-state index contributed by atoms with van der Waals surface area (Å²) in [6.07, 6.45) is 8.06. The summed E-state index contributed by atoms with van der Waals surface area (Å²) in [4.78, 5) is 11.4. The molecule has 0 aromatic heterocycles. The van der Waals surface area contributed by atoms with E-state index in [2.05, 4.69) is 6.92 Å². The number of ketones is 1. The van der Waals surface area contributed by atoms with Gasteiger partial charge in [-0.2, -0.15) is 0 Å². The highest BCUT2D eigenvalue weighted by molar-refractivity contribution is 5.80. The summed E-state index contributed by atoms with van der Waals surface area (Å²) >= 11 is 0. The van der Waals surface area contributed by atoms with Crippen LogP contribution in [0.4, 0.5) is 0 Å². The Kier molecular flexibility index (Phi) is 8.07. The Morgan fingerprint density at radius 1 is 1.15 bits per heavy atom.